The standard InChI is InChI=1S/C23H24ClN5O2/c1-14-6-3-4-7-18(14)26-22(31)20-15(2)25-23-27-19(8-5-13-30)28-29(23)21(20)16-9-11-17(24)12-10-16/h3-4,6-7,9-12,20-21,30H,2,5,8,13H2,1H3,(H,26,31)(H,25,27,28)/t20-,21+/m0/s1. The summed E-state index contributed by atoms with van der Waals surface area (Å²) in [6, 6.07) is 14.6. The molecular formula is C23H24ClN5O2. The van der Waals surface area contributed by atoms with Gasteiger partial charge in [0.2, 0.25) is 11.9 Å². The lowest BCUT2D eigenvalue weighted by Crippen LogP contribution is -2.39. The molecule has 8 heteroatoms. The van der Waals surface area contributed by atoms with Crippen LogP contribution in [0.25, 0.3) is 0 Å². The summed E-state index contributed by atoms with van der Waals surface area (Å²) in [5.41, 5.74) is 3.14. The number of rotatable bonds is 6. The predicted octanol–water partition coefficient (Wildman–Crippen LogP) is 3.95. The van der Waals surface area contributed by atoms with Gasteiger partial charge in [0.15, 0.2) is 5.82 Å². The van der Waals surface area contributed by atoms with Gasteiger partial charge in [-0.15, -0.1) is 0 Å². The number of aliphatic hydroxyl groups is 1. The maximum atomic E-state index is 13.4. The molecule has 1 aliphatic rings. The fourth-order valence-corrected chi connectivity index (χ4v) is 3.89. The molecule has 160 valence electrons. The Balaban J connectivity index is 1.74. The van der Waals surface area contributed by atoms with E-state index in [1.807, 2.05) is 43.3 Å². The Bertz CT molecular complexity index is 1110. The fraction of sp³-hybridized carbons (Fsp3) is 0.261. The van der Waals surface area contributed by atoms with Crippen LogP contribution >= 0.6 is 11.6 Å². The molecule has 2 atom stereocenters. The second-order valence-corrected chi connectivity index (χ2v) is 7.99. The molecule has 0 unspecified atom stereocenters. The molecule has 31 heavy (non-hydrogen) atoms. The maximum absolute atomic E-state index is 13.4. The van der Waals surface area contributed by atoms with Gasteiger partial charge in [0.25, 0.3) is 0 Å². The summed E-state index contributed by atoms with van der Waals surface area (Å²) < 4.78 is 1.73. The van der Waals surface area contributed by atoms with Crippen molar-refractivity contribution < 1.29 is 9.90 Å². The lowest BCUT2D eigenvalue weighted by molar-refractivity contribution is -0.119. The van der Waals surface area contributed by atoms with Crippen LogP contribution in [0.15, 0.2) is 60.8 Å². The topological polar surface area (TPSA) is 92.1 Å². The molecule has 2 heterocycles. The first-order valence-electron chi connectivity index (χ1n) is 10.1. The first-order valence-corrected chi connectivity index (χ1v) is 10.5. The van der Waals surface area contributed by atoms with Gasteiger partial charge in [-0.25, -0.2) is 4.68 Å². The predicted molar refractivity (Wildman–Crippen MR) is 121 cm³/mol. The molecule has 1 aliphatic heterocycles. The molecular weight excluding hydrogens is 414 g/mol. The van der Waals surface area contributed by atoms with E-state index in [1.165, 1.54) is 0 Å². The van der Waals surface area contributed by atoms with E-state index in [0.717, 1.165) is 16.8 Å². The number of hydrogen-bond acceptors (Lipinski definition) is 5. The highest BCUT2D eigenvalue weighted by molar-refractivity contribution is 6.30. The first kappa shape index (κ1) is 21.1. The van der Waals surface area contributed by atoms with Gasteiger partial charge in [0.05, 0.1) is 6.04 Å². The number of aliphatic hydroxyl groups excluding tert-OH is 1. The van der Waals surface area contributed by atoms with Crippen LogP contribution < -0.4 is 10.6 Å². The van der Waals surface area contributed by atoms with Crippen molar-refractivity contribution >= 4 is 29.1 Å². The minimum Gasteiger partial charge on any atom is -0.396 e. The molecule has 1 aromatic heterocycles. The number of nitrogens with one attached hydrogen (secondary N) is 2. The van der Waals surface area contributed by atoms with Gasteiger partial charge < -0.3 is 15.7 Å². The molecule has 4 rings (SSSR count). The largest absolute Gasteiger partial charge is 0.396 e. The van der Waals surface area contributed by atoms with Gasteiger partial charge in [-0.3, -0.25) is 4.79 Å². The zero-order valence-corrected chi connectivity index (χ0v) is 17.9. The van der Waals surface area contributed by atoms with E-state index in [0.29, 0.717) is 35.3 Å². The van der Waals surface area contributed by atoms with E-state index in [2.05, 4.69) is 27.3 Å². The average Bonchev–Trinajstić information content (AvgIpc) is 3.15. The van der Waals surface area contributed by atoms with Gasteiger partial charge in [0.1, 0.15) is 5.92 Å². The summed E-state index contributed by atoms with van der Waals surface area (Å²) >= 11 is 6.10. The SMILES string of the molecule is C=C1Nc2nc(CCCO)nn2[C@H](c2ccc(Cl)cc2)[C@H]1C(=O)Nc1ccccc1C. The van der Waals surface area contributed by atoms with Gasteiger partial charge in [-0.1, -0.05) is 48.5 Å². The number of fused-ring (bicyclic) bond motifs is 1. The normalized spacial score (nSPS) is 17.7. The van der Waals surface area contributed by atoms with Gasteiger partial charge >= 0.3 is 0 Å². The van der Waals surface area contributed by atoms with Crippen LogP contribution in [-0.4, -0.2) is 32.4 Å². The van der Waals surface area contributed by atoms with E-state index < -0.39 is 12.0 Å². The fourth-order valence-electron chi connectivity index (χ4n) is 3.76. The Hall–Kier alpha value is -3.16. The third-order valence-corrected chi connectivity index (χ3v) is 5.61. The number of benzene rings is 2. The monoisotopic (exact) mass is 437 g/mol. The van der Waals surface area contributed by atoms with Crippen molar-refractivity contribution in [1.82, 2.24) is 14.8 Å². The Morgan fingerprint density at radius 3 is 2.71 bits per heavy atom. The Morgan fingerprint density at radius 2 is 2.00 bits per heavy atom. The van der Waals surface area contributed by atoms with Crippen molar-refractivity contribution in [1.29, 1.82) is 0 Å². The van der Waals surface area contributed by atoms with E-state index in [1.54, 1.807) is 16.8 Å². The van der Waals surface area contributed by atoms with Gasteiger partial charge in [0, 0.05) is 29.4 Å². The van der Waals surface area contributed by atoms with Crippen LogP contribution in [0.5, 0.6) is 0 Å². The molecule has 3 aromatic rings. The van der Waals surface area contributed by atoms with Crippen LogP contribution in [0.4, 0.5) is 11.6 Å². The van der Waals surface area contributed by atoms with Crippen LogP contribution in [-0.2, 0) is 11.2 Å². The number of nitrogens with zero attached hydrogens (tertiary/aromatic N) is 3. The summed E-state index contributed by atoms with van der Waals surface area (Å²) in [7, 11) is 0. The van der Waals surface area contributed by atoms with Crippen molar-refractivity contribution in [3.63, 3.8) is 0 Å². The smallest absolute Gasteiger partial charge is 0.235 e. The zero-order valence-electron chi connectivity index (χ0n) is 17.2. The summed E-state index contributed by atoms with van der Waals surface area (Å²) in [5, 5.41) is 20.6. The average molecular weight is 438 g/mol. The number of para-hydroxylation sites is 1. The molecule has 0 saturated heterocycles. The summed E-state index contributed by atoms with van der Waals surface area (Å²) in [6.45, 7) is 6.13. The molecule has 0 radical (unpaired) electrons. The zero-order chi connectivity index (χ0) is 22.0. The molecule has 1 amide bonds. The number of hydrogen-bond donors (Lipinski definition) is 3. The van der Waals surface area contributed by atoms with Crippen molar-refractivity contribution in [3.05, 3.63) is 82.8 Å². The molecule has 0 aliphatic carbocycles. The van der Waals surface area contributed by atoms with E-state index in [9.17, 15) is 4.79 Å². The lowest BCUT2D eigenvalue weighted by Gasteiger charge is -2.34. The third kappa shape index (κ3) is 4.33. The Kier molecular flexibility index (Phi) is 6.06. The number of carbonyl (C=O) groups is 1. The van der Waals surface area contributed by atoms with Crippen molar-refractivity contribution in [2.24, 2.45) is 5.92 Å². The summed E-state index contributed by atoms with van der Waals surface area (Å²) in [5.74, 6) is 0.312. The Labute approximate surface area is 185 Å². The second-order valence-electron chi connectivity index (χ2n) is 7.55. The highest BCUT2D eigenvalue weighted by atomic mass is 35.5. The van der Waals surface area contributed by atoms with E-state index >= 15 is 0 Å². The van der Waals surface area contributed by atoms with Crippen LogP contribution in [0, 0.1) is 12.8 Å². The minimum atomic E-state index is -0.624. The number of aryl methyl sites for hydroxylation is 2. The first-order chi connectivity index (χ1) is 15.0. The molecule has 7 nitrogen and oxygen atoms in total. The number of aromatic nitrogens is 3. The van der Waals surface area contributed by atoms with Gasteiger partial charge in [-0.05, 0) is 42.7 Å². The Morgan fingerprint density at radius 1 is 1.26 bits per heavy atom. The number of carbonyl (C=O) groups excluding carboxylic acids is 1. The van der Waals surface area contributed by atoms with E-state index in [-0.39, 0.29) is 12.5 Å². The second kappa shape index (κ2) is 8.91. The van der Waals surface area contributed by atoms with Crippen LogP contribution in [0.3, 0.4) is 0 Å². The van der Waals surface area contributed by atoms with Crippen LogP contribution in [0.1, 0.15) is 29.4 Å². The number of halogens is 1. The number of amides is 1. The van der Waals surface area contributed by atoms with Gasteiger partial charge in [-0.2, -0.15) is 10.1 Å². The highest BCUT2D eigenvalue weighted by Gasteiger charge is 2.40. The third-order valence-electron chi connectivity index (χ3n) is 5.36. The minimum absolute atomic E-state index is 0.0616. The molecule has 0 fully saturated rings. The van der Waals surface area contributed by atoms with Crippen molar-refractivity contribution in [3.8, 4) is 0 Å². The quantitative estimate of drug-likeness (QED) is 0.543. The van der Waals surface area contributed by atoms with Crippen molar-refractivity contribution in [2.45, 2.75) is 25.8 Å². The summed E-state index contributed by atoms with van der Waals surface area (Å²) in [4.78, 5) is 18.0. The maximum Gasteiger partial charge on any atom is 0.235 e. The molecule has 2 aromatic carbocycles. The number of anilines is 2. The molecule has 0 bridgehead atoms. The van der Waals surface area contributed by atoms with E-state index in [4.69, 9.17) is 16.7 Å². The summed E-state index contributed by atoms with van der Waals surface area (Å²) in [6.07, 6.45) is 1.10. The van der Waals surface area contributed by atoms with Crippen molar-refractivity contribution in [2.75, 3.05) is 17.2 Å². The lowest BCUT2D eigenvalue weighted by atomic mass is 9.88. The molecule has 0 spiro atoms. The van der Waals surface area contributed by atoms with Crippen LogP contribution in [0.2, 0.25) is 5.02 Å². The highest BCUT2D eigenvalue weighted by Crippen LogP contribution is 2.38. The molecule has 3 N–H and O–H groups in total. The molecule has 0 saturated carbocycles.